The summed E-state index contributed by atoms with van der Waals surface area (Å²) in [5.74, 6) is -2.52. The molecule has 1 aliphatic rings. The van der Waals surface area contributed by atoms with Crippen LogP contribution in [0.25, 0.3) is 0 Å². The maximum absolute atomic E-state index is 13.5. The number of H-pyrrole nitrogens is 1. The number of fused-ring (bicyclic) bond motifs is 1. The van der Waals surface area contributed by atoms with Crippen molar-refractivity contribution in [2.45, 2.75) is 30.7 Å². The topological polar surface area (TPSA) is 78.1 Å². The Hall–Kier alpha value is -3.83. The Morgan fingerprint density at radius 1 is 1.06 bits per heavy atom. The Bertz CT molecular complexity index is 1240. The molecule has 2 aromatic carbocycles. The van der Waals surface area contributed by atoms with Crippen LogP contribution in [-0.2, 0) is 23.6 Å². The lowest BCUT2D eigenvalue weighted by Crippen LogP contribution is -2.46. The van der Waals surface area contributed by atoms with Gasteiger partial charge >= 0.3 is 12.4 Å². The summed E-state index contributed by atoms with van der Waals surface area (Å²) in [5, 5.41) is 2.69. The van der Waals surface area contributed by atoms with Crippen LogP contribution in [-0.4, -0.2) is 40.3 Å². The number of carbonyl (C=O) groups is 2. The first-order chi connectivity index (χ1) is 16.9. The Balaban J connectivity index is 1.80. The number of nitrogens with zero attached hydrogens (tertiary/aromatic N) is 2. The van der Waals surface area contributed by atoms with E-state index in [0.717, 1.165) is 10.6 Å². The quantitative estimate of drug-likeness (QED) is 0.488. The van der Waals surface area contributed by atoms with Crippen LogP contribution in [0, 0.1) is 0 Å². The highest BCUT2D eigenvalue weighted by atomic mass is 19.4. The molecule has 1 aromatic heterocycles. The molecule has 1 aliphatic heterocycles. The van der Waals surface area contributed by atoms with E-state index in [0.29, 0.717) is 18.6 Å². The molecule has 2 atom stereocenters. The van der Waals surface area contributed by atoms with Crippen LogP contribution in [0.15, 0.2) is 55.0 Å². The van der Waals surface area contributed by atoms with Crippen molar-refractivity contribution < 1.29 is 35.9 Å². The molecule has 2 unspecified atom stereocenters. The Morgan fingerprint density at radius 3 is 2.28 bits per heavy atom. The number of likely N-dealkylation sites (N-methyl/N-ethyl adjacent to an activating group) is 1. The number of benzene rings is 2. The number of rotatable bonds is 5. The second-order valence-electron chi connectivity index (χ2n) is 8.38. The molecule has 0 saturated carbocycles. The minimum absolute atomic E-state index is 0.0154. The van der Waals surface area contributed by atoms with Gasteiger partial charge in [-0.3, -0.25) is 9.59 Å². The van der Waals surface area contributed by atoms with Gasteiger partial charge in [0.15, 0.2) is 0 Å². The van der Waals surface area contributed by atoms with Gasteiger partial charge in [-0.05, 0) is 35.4 Å². The number of nitrogens with one attached hydrogen (secondary N) is 2. The third-order valence-electron chi connectivity index (χ3n) is 6.06. The van der Waals surface area contributed by atoms with E-state index >= 15 is 0 Å². The molecule has 12 heteroatoms. The molecule has 6 nitrogen and oxygen atoms in total. The molecule has 2 amide bonds. The van der Waals surface area contributed by atoms with Gasteiger partial charge in [0, 0.05) is 37.5 Å². The number of alkyl halides is 6. The van der Waals surface area contributed by atoms with Gasteiger partial charge in [-0.1, -0.05) is 18.2 Å². The first kappa shape index (κ1) is 25.3. The summed E-state index contributed by atoms with van der Waals surface area (Å²) in [4.78, 5) is 34.2. The third kappa shape index (κ3) is 4.93. The van der Waals surface area contributed by atoms with E-state index in [1.807, 2.05) is 0 Å². The van der Waals surface area contributed by atoms with Crippen molar-refractivity contribution >= 4 is 11.8 Å². The van der Waals surface area contributed by atoms with Crippen molar-refractivity contribution in [1.29, 1.82) is 0 Å². The molecule has 2 heterocycles. The highest BCUT2D eigenvalue weighted by Crippen LogP contribution is 2.45. The number of hydrogen-bond acceptors (Lipinski definition) is 3. The number of aromatic nitrogens is 2. The molecule has 4 rings (SSSR count). The minimum atomic E-state index is -5.08. The normalized spacial score (nSPS) is 18.2. The van der Waals surface area contributed by atoms with E-state index in [9.17, 15) is 35.9 Å². The van der Waals surface area contributed by atoms with Crippen LogP contribution in [0.5, 0.6) is 0 Å². The zero-order chi connectivity index (χ0) is 26.3. The second kappa shape index (κ2) is 9.32. The van der Waals surface area contributed by atoms with Gasteiger partial charge in [0.05, 0.1) is 29.4 Å². The molecule has 0 radical (unpaired) electrons. The number of carbonyl (C=O) groups excluding carboxylic acids is 2. The van der Waals surface area contributed by atoms with E-state index in [1.54, 1.807) is 18.3 Å². The summed E-state index contributed by atoms with van der Waals surface area (Å²) >= 11 is 0. The second-order valence-corrected chi connectivity index (χ2v) is 8.38. The van der Waals surface area contributed by atoms with Crippen molar-refractivity contribution in [3.05, 3.63) is 88.5 Å². The average molecular weight is 510 g/mol. The SMILES string of the molecule is CN1C(=O)c2ccccc2C(C(=O)NCCc2cnc[nH]2)C1c1cc(C(F)(F)F)cc(C(F)(F)F)c1. The van der Waals surface area contributed by atoms with Gasteiger partial charge in [-0.2, -0.15) is 26.3 Å². The van der Waals surface area contributed by atoms with E-state index in [2.05, 4.69) is 15.3 Å². The molecule has 0 bridgehead atoms. The third-order valence-corrected chi connectivity index (χ3v) is 6.06. The fourth-order valence-electron chi connectivity index (χ4n) is 4.38. The lowest BCUT2D eigenvalue weighted by Gasteiger charge is -2.40. The lowest BCUT2D eigenvalue weighted by atomic mass is 9.78. The maximum Gasteiger partial charge on any atom is 0.416 e. The van der Waals surface area contributed by atoms with Crippen LogP contribution in [0.3, 0.4) is 0 Å². The summed E-state index contributed by atoms with van der Waals surface area (Å²) < 4.78 is 81.2. The van der Waals surface area contributed by atoms with Crippen LogP contribution < -0.4 is 5.32 Å². The predicted molar refractivity (Wildman–Crippen MR) is 116 cm³/mol. The van der Waals surface area contributed by atoms with Crippen molar-refractivity contribution in [2.24, 2.45) is 0 Å². The largest absolute Gasteiger partial charge is 0.416 e. The van der Waals surface area contributed by atoms with Crippen LogP contribution in [0.4, 0.5) is 26.3 Å². The average Bonchev–Trinajstić information content (AvgIpc) is 3.33. The van der Waals surface area contributed by atoms with Crippen molar-refractivity contribution in [3.8, 4) is 0 Å². The smallest absolute Gasteiger partial charge is 0.355 e. The zero-order valence-electron chi connectivity index (χ0n) is 18.7. The van der Waals surface area contributed by atoms with E-state index in [1.165, 1.54) is 25.5 Å². The first-order valence-corrected chi connectivity index (χ1v) is 10.8. The van der Waals surface area contributed by atoms with Crippen molar-refractivity contribution in [1.82, 2.24) is 20.2 Å². The van der Waals surface area contributed by atoms with Gasteiger partial charge in [0.2, 0.25) is 5.91 Å². The first-order valence-electron chi connectivity index (χ1n) is 10.8. The highest BCUT2D eigenvalue weighted by Gasteiger charge is 2.45. The monoisotopic (exact) mass is 510 g/mol. The van der Waals surface area contributed by atoms with Gasteiger partial charge in [0.1, 0.15) is 0 Å². The van der Waals surface area contributed by atoms with Gasteiger partial charge < -0.3 is 15.2 Å². The summed E-state index contributed by atoms with van der Waals surface area (Å²) in [6, 6.07) is 5.76. The summed E-state index contributed by atoms with van der Waals surface area (Å²) in [5.41, 5.74) is -2.41. The van der Waals surface area contributed by atoms with E-state index < -0.39 is 52.8 Å². The molecular formula is C24H20F6N4O2. The van der Waals surface area contributed by atoms with E-state index in [4.69, 9.17) is 0 Å². The lowest BCUT2D eigenvalue weighted by molar-refractivity contribution is -0.143. The van der Waals surface area contributed by atoms with Crippen LogP contribution in [0.1, 0.15) is 50.3 Å². The summed E-state index contributed by atoms with van der Waals surface area (Å²) in [6.45, 7) is 0.125. The molecule has 36 heavy (non-hydrogen) atoms. The minimum Gasteiger partial charge on any atom is -0.355 e. The summed E-state index contributed by atoms with van der Waals surface area (Å²) in [7, 11) is 1.25. The highest BCUT2D eigenvalue weighted by molar-refractivity contribution is 6.01. The number of halogens is 6. The standard InChI is InChI=1S/C24H20F6N4O2/c1-34-20(13-8-14(23(25,26)27)10-15(9-13)24(28,29)30)19(17-4-2-3-5-18(17)22(34)36)21(35)32-7-6-16-11-31-12-33-16/h2-5,8-12,19-20H,6-7H2,1H3,(H,31,33)(H,32,35). The molecule has 0 aliphatic carbocycles. The van der Waals surface area contributed by atoms with E-state index in [-0.39, 0.29) is 23.7 Å². The fourth-order valence-corrected chi connectivity index (χ4v) is 4.38. The number of imidazole rings is 1. The van der Waals surface area contributed by atoms with Gasteiger partial charge in [-0.15, -0.1) is 0 Å². The number of hydrogen-bond donors (Lipinski definition) is 2. The molecule has 0 saturated heterocycles. The molecule has 190 valence electrons. The fraction of sp³-hybridized carbons (Fsp3) is 0.292. The molecule has 3 aromatic rings. The molecular weight excluding hydrogens is 490 g/mol. The zero-order valence-corrected chi connectivity index (χ0v) is 18.7. The van der Waals surface area contributed by atoms with Crippen LogP contribution >= 0.6 is 0 Å². The van der Waals surface area contributed by atoms with Crippen molar-refractivity contribution in [3.63, 3.8) is 0 Å². The Labute approximate surface area is 201 Å². The summed E-state index contributed by atoms with van der Waals surface area (Å²) in [6.07, 6.45) is -6.78. The van der Waals surface area contributed by atoms with Gasteiger partial charge in [-0.25, -0.2) is 4.98 Å². The van der Waals surface area contributed by atoms with Crippen molar-refractivity contribution in [2.75, 3.05) is 13.6 Å². The predicted octanol–water partition coefficient (Wildman–Crippen LogP) is 4.72. The number of amides is 2. The Morgan fingerprint density at radius 2 is 1.69 bits per heavy atom. The Kier molecular flexibility index (Phi) is 6.54. The van der Waals surface area contributed by atoms with Crippen LogP contribution in [0.2, 0.25) is 0 Å². The number of aromatic amines is 1. The molecule has 0 spiro atoms. The maximum atomic E-state index is 13.5. The van der Waals surface area contributed by atoms with Gasteiger partial charge in [0.25, 0.3) is 5.91 Å². The molecule has 0 fully saturated rings. The molecule has 2 N–H and O–H groups in total.